The van der Waals surface area contributed by atoms with Gasteiger partial charge in [-0.1, -0.05) is 28.8 Å². The number of halogens is 1. The number of benzene rings is 1. The van der Waals surface area contributed by atoms with Crippen molar-refractivity contribution in [3.05, 3.63) is 28.7 Å². The molecule has 0 heterocycles. The van der Waals surface area contributed by atoms with Gasteiger partial charge in [0.05, 0.1) is 11.5 Å². The second-order valence-electron chi connectivity index (χ2n) is 5.84. The normalized spacial score (nSPS) is 24.5. The molecule has 1 aromatic carbocycles. The van der Waals surface area contributed by atoms with Crippen molar-refractivity contribution in [3.63, 3.8) is 0 Å². The number of hydrogen-bond acceptors (Lipinski definition) is 3. The maximum atomic E-state index is 12.1. The molecule has 22 heavy (non-hydrogen) atoms. The Labute approximate surface area is 138 Å². The molecule has 0 saturated heterocycles. The molecule has 0 aromatic heterocycles. The fourth-order valence-electron chi connectivity index (χ4n) is 2.91. The number of ether oxygens (including phenoxy) is 1. The van der Waals surface area contributed by atoms with Gasteiger partial charge in [0.15, 0.2) is 6.61 Å². The molecule has 2 N–H and O–H groups in total. The van der Waals surface area contributed by atoms with Crippen LogP contribution in [-0.2, 0) is 9.59 Å². The van der Waals surface area contributed by atoms with Crippen molar-refractivity contribution in [1.29, 1.82) is 0 Å². The first-order chi connectivity index (χ1) is 10.4. The standard InChI is InChI=1S/C16H20BrNO4/c1-16(9-3-2-4-13(16)15(20)21)18-14(19)10-22-12-7-5-11(17)6-8-12/h5-8,13H,2-4,9-10H2,1H3,(H,18,19)(H,20,21). The maximum Gasteiger partial charge on any atom is 0.308 e. The average Bonchev–Trinajstić information content (AvgIpc) is 2.46. The van der Waals surface area contributed by atoms with Crippen LogP contribution in [0.3, 0.4) is 0 Å². The van der Waals surface area contributed by atoms with Crippen molar-refractivity contribution in [1.82, 2.24) is 5.32 Å². The Balaban J connectivity index is 1.92. The Hall–Kier alpha value is -1.56. The van der Waals surface area contributed by atoms with E-state index in [0.29, 0.717) is 18.6 Å². The molecule has 0 spiro atoms. The third-order valence-corrected chi connectivity index (χ3v) is 4.64. The van der Waals surface area contributed by atoms with Crippen LogP contribution >= 0.6 is 15.9 Å². The third kappa shape index (κ3) is 4.22. The van der Waals surface area contributed by atoms with Gasteiger partial charge >= 0.3 is 5.97 Å². The predicted octanol–water partition coefficient (Wildman–Crippen LogP) is 2.98. The van der Waals surface area contributed by atoms with E-state index in [9.17, 15) is 14.7 Å². The number of carboxylic acid groups (broad SMARTS) is 1. The van der Waals surface area contributed by atoms with E-state index in [1.807, 2.05) is 19.1 Å². The molecule has 1 amide bonds. The number of rotatable bonds is 5. The number of amides is 1. The van der Waals surface area contributed by atoms with E-state index in [2.05, 4.69) is 21.2 Å². The summed E-state index contributed by atoms with van der Waals surface area (Å²) in [5.74, 6) is -1.09. The van der Waals surface area contributed by atoms with E-state index in [4.69, 9.17) is 4.74 Å². The van der Waals surface area contributed by atoms with Crippen molar-refractivity contribution in [3.8, 4) is 5.75 Å². The van der Waals surface area contributed by atoms with E-state index >= 15 is 0 Å². The zero-order valence-corrected chi connectivity index (χ0v) is 14.1. The van der Waals surface area contributed by atoms with E-state index in [1.165, 1.54) is 0 Å². The van der Waals surface area contributed by atoms with Gasteiger partial charge in [0.2, 0.25) is 0 Å². The van der Waals surface area contributed by atoms with Gasteiger partial charge < -0.3 is 15.2 Å². The zero-order chi connectivity index (χ0) is 16.2. The lowest BCUT2D eigenvalue weighted by Crippen LogP contribution is -2.56. The highest BCUT2D eigenvalue weighted by atomic mass is 79.9. The minimum Gasteiger partial charge on any atom is -0.484 e. The topological polar surface area (TPSA) is 75.6 Å². The van der Waals surface area contributed by atoms with Crippen LogP contribution in [0.4, 0.5) is 0 Å². The predicted molar refractivity (Wildman–Crippen MR) is 85.8 cm³/mol. The van der Waals surface area contributed by atoms with Crippen LogP contribution in [0.15, 0.2) is 28.7 Å². The second-order valence-corrected chi connectivity index (χ2v) is 6.76. The van der Waals surface area contributed by atoms with Crippen molar-refractivity contribution in [2.45, 2.75) is 38.1 Å². The molecule has 2 rings (SSSR count). The smallest absolute Gasteiger partial charge is 0.308 e. The first kappa shape index (κ1) is 16.8. The van der Waals surface area contributed by atoms with E-state index in [0.717, 1.165) is 17.3 Å². The van der Waals surface area contributed by atoms with E-state index < -0.39 is 17.4 Å². The highest BCUT2D eigenvalue weighted by Gasteiger charge is 2.42. The number of carbonyl (C=O) groups excluding carboxylic acids is 1. The second kappa shape index (κ2) is 7.13. The van der Waals surface area contributed by atoms with Crippen LogP contribution in [0.5, 0.6) is 5.75 Å². The van der Waals surface area contributed by atoms with Crippen LogP contribution in [-0.4, -0.2) is 29.1 Å². The van der Waals surface area contributed by atoms with Crippen molar-refractivity contribution in [2.24, 2.45) is 5.92 Å². The third-order valence-electron chi connectivity index (χ3n) is 4.11. The fraction of sp³-hybridized carbons (Fsp3) is 0.500. The van der Waals surface area contributed by atoms with Crippen molar-refractivity contribution < 1.29 is 19.4 Å². The summed E-state index contributed by atoms with van der Waals surface area (Å²) in [4.78, 5) is 23.5. The molecule has 120 valence electrons. The molecular weight excluding hydrogens is 350 g/mol. The molecule has 0 bridgehead atoms. The van der Waals surface area contributed by atoms with Gasteiger partial charge in [-0.3, -0.25) is 9.59 Å². The van der Waals surface area contributed by atoms with Gasteiger partial charge in [-0.15, -0.1) is 0 Å². The van der Waals surface area contributed by atoms with Crippen molar-refractivity contribution >= 4 is 27.8 Å². The monoisotopic (exact) mass is 369 g/mol. The molecule has 1 fully saturated rings. The Kier molecular flexibility index (Phi) is 5.45. The molecule has 6 heteroatoms. The summed E-state index contributed by atoms with van der Waals surface area (Å²) in [5, 5.41) is 12.2. The van der Waals surface area contributed by atoms with Gasteiger partial charge in [0.25, 0.3) is 5.91 Å². The lowest BCUT2D eigenvalue weighted by molar-refractivity contribution is -0.146. The van der Waals surface area contributed by atoms with Crippen LogP contribution < -0.4 is 10.1 Å². The molecule has 5 nitrogen and oxygen atoms in total. The Bertz CT molecular complexity index is 546. The summed E-state index contributed by atoms with van der Waals surface area (Å²) < 4.78 is 6.36. The average molecular weight is 370 g/mol. The van der Waals surface area contributed by atoms with Gasteiger partial charge in [0.1, 0.15) is 5.75 Å². The Morgan fingerprint density at radius 3 is 2.68 bits per heavy atom. The van der Waals surface area contributed by atoms with Gasteiger partial charge in [-0.05, 0) is 44.0 Å². The van der Waals surface area contributed by atoms with Crippen LogP contribution in [0.1, 0.15) is 32.6 Å². The van der Waals surface area contributed by atoms with Crippen LogP contribution in [0.2, 0.25) is 0 Å². The van der Waals surface area contributed by atoms with Gasteiger partial charge in [-0.25, -0.2) is 0 Å². The summed E-state index contributed by atoms with van der Waals surface area (Å²) in [6.07, 6.45) is 3.08. The van der Waals surface area contributed by atoms with E-state index in [1.54, 1.807) is 12.1 Å². The molecule has 2 unspecified atom stereocenters. The summed E-state index contributed by atoms with van der Waals surface area (Å²) in [6.45, 7) is 1.69. The summed E-state index contributed by atoms with van der Waals surface area (Å²) in [7, 11) is 0. The minimum atomic E-state index is -0.851. The molecule has 1 aromatic rings. The zero-order valence-electron chi connectivity index (χ0n) is 12.5. The Morgan fingerprint density at radius 2 is 2.05 bits per heavy atom. The number of carbonyl (C=O) groups is 2. The first-order valence-electron chi connectivity index (χ1n) is 7.33. The van der Waals surface area contributed by atoms with Gasteiger partial charge in [0, 0.05) is 4.47 Å². The van der Waals surface area contributed by atoms with Crippen LogP contribution in [0, 0.1) is 5.92 Å². The van der Waals surface area contributed by atoms with Gasteiger partial charge in [-0.2, -0.15) is 0 Å². The molecule has 0 radical (unpaired) electrons. The highest BCUT2D eigenvalue weighted by Crippen LogP contribution is 2.33. The fourth-order valence-corrected chi connectivity index (χ4v) is 3.18. The summed E-state index contributed by atoms with van der Waals surface area (Å²) in [6, 6.07) is 7.19. The largest absolute Gasteiger partial charge is 0.484 e. The minimum absolute atomic E-state index is 0.121. The first-order valence-corrected chi connectivity index (χ1v) is 8.12. The molecule has 1 aliphatic carbocycles. The number of nitrogens with one attached hydrogen (secondary N) is 1. The molecule has 1 saturated carbocycles. The molecule has 0 aliphatic heterocycles. The lowest BCUT2D eigenvalue weighted by atomic mass is 9.74. The summed E-state index contributed by atoms with van der Waals surface area (Å²) >= 11 is 3.33. The lowest BCUT2D eigenvalue weighted by Gasteiger charge is -2.39. The van der Waals surface area contributed by atoms with Crippen molar-refractivity contribution in [2.75, 3.05) is 6.61 Å². The maximum absolute atomic E-state index is 12.1. The highest BCUT2D eigenvalue weighted by molar-refractivity contribution is 9.10. The number of carboxylic acids is 1. The SMILES string of the molecule is CC1(NC(=O)COc2ccc(Br)cc2)CCCCC1C(=O)O. The molecular formula is C16H20BrNO4. The molecule has 1 aliphatic rings. The number of hydrogen-bond donors (Lipinski definition) is 2. The summed E-state index contributed by atoms with van der Waals surface area (Å²) in [5.41, 5.74) is -0.704. The Morgan fingerprint density at radius 1 is 1.36 bits per heavy atom. The quantitative estimate of drug-likeness (QED) is 0.836. The number of aliphatic carboxylic acids is 1. The van der Waals surface area contributed by atoms with E-state index in [-0.39, 0.29) is 12.5 Å². The molecule has 2 atom stereocenters. The van der Waals surface area contributed by atoms with Crippen LogP contribution in [0.25, 0.3) is 0 Å².